The van der Waals surface area contributed by atoms with Crippen molar-refractivity contribution in [3.8, 4) is 0 Å². The van der Waals surface area contributed by atoms with Crippen LogP contribution in [0, 0.1) is 0 Å². The van der Waals surface area contributed by atoms with Crippen molar-refractivity contribution < 1.29 is 0 Å². The van der Waals surface area contributed by atoms with Crippen molar-refractivity contribution >= 4 is 5.69 Å². The van der Waals surface area contributed by atoms with Gasteiger partial charge in [-0.05, 0) is 37.4 Å². The van der Waals surface area contributed by atoms with Crippen molar-refractivity contribution in [3.63, 3.8) is 0 Å². The van der Waals surface area contributed by atoms with E-state index in [9.17, 15) is 0 Å². The molecule has 1 aromatic rings. The van der Waals surface area contributed by atoms with Crippen LogP contribution >= 0.6 is 0 Å². The van der Waals surface area contributed by atoms with Crippen LogP contribution in [0.1, 0.15) is 18.4 Å². The van der Waals surface area contributed by atoms with Gasteiger partial charge in [0, 0.05) is 24.8 Å². The first-order valence-corrected chi connectivity index (χ1v) is 6.68. The van der Waals surface area contributed by atoms with Crippen LogP contribution in [0.15, 0.2) is 24.3 Å². The van der Waals surface area contributed by atoms with Crippen molar-refractivity contribution in [3.05, 3.63) is 29.8 Å². The van der Waals surface area contributed by atoms with E-state index in [1.165, 1.54) is 30.5 Å². The van der Waals surface area contributed by atoms with Gasteiger partial charge < -0.3 is 16.0 Å². The Morgan fingerprint density at radius 1 is 1.41 bits per heavy atom. The molecule has 17 heavy (non-hydrogen) atoms. The van der Waals surface area contributed by atoms with E-state index in [-0.39, 0.29) is 0 Å². The zero-order chi connectivity index (χ0) is 11.7. The van der Waals surface area contributed by atoms with Gasteiger partial charge in [0.15, 0.2) is 0 Å². The topological polar surface area (TPSA) is 41.3 Å². The van der Waals surface area contributed by atoms with Crippen LogP contribution in [-0.2, 0) is 6.42 Å². The van der Waals surface area contributed by atoms with E-state index >= 15 is 0 Å². The molecule has 1 fully saturated rings. The van der Waals surface area contributed by atoms with Crippen molar-refractivity contribution in [1.82, 2.24) is 5.32 Å². The van der Waals surface area contributed by atoms with Gasteiger partial charge in [-0.15, -0.1) is 0 Å². The van der Waals surface area contributed by atoms with Gasteiger partial charge in [0.2, 0.25) is 0 Å². The Morgan fingerprint density at radius 3 is 3.06 bits per heavy atom. The number of para-hydroxylation sites is 1. The summed E-state index contributed by atoms with van der Waals surface area (Å²) in [7, 11) is 0. The smallest absolute Gasteiger partial charge is 0.0565 e. The highest BCUT2D eigenvalue weighted by Gasteiger charge is 2.31. The second kappa shape index (κ2) is 4.67. The first kappa shape index (κ1) is 11.1. The fourth-order valence-corrected chi connectivity index (χ4v) is 3.26. The van der Waals surface area contributed by atoms with Gasteiger partial charge >= 0.3 is 0 Å². The number of nitrogens with zero attached hydrogens (tertiary/aromatic N) is 1. The lowest BCUT2D eigenvalue weighted by Crippen LogP contribution is -2.51. The van der Waals surface area contributed by atoms with Gasteiger partial charge in [-0.3, -0.25) is 0 Å². The third kappa shape index (κ3) is 1.94. The van der Waals surface area contributed by atoms with E-state index < -0.39 is 0 Å². The van der Waals surface area contributed by atoms with Crippen LogP contribution in [0.3, 0.4) is 0 Å². The summed E-state index contributed by atoms with van der Waals surface area (Å²) in [5.41, 5.74) is 8.88. The molecule has 2 aliphatic rings. The lowest BCUT2D eigenvalue weighted by atomic mass is 10.0. The third-order valence-corrected chi connectivity index (χ3v) is 4.13. The number of hydrogen-bond acceptors (Lipinski definition) is 3. The molecule has 2 aliphatic heterocycles. The summed E-state index contributed by atoms with van der Waals surface area (Å²) in [4.78, 5) is 2.51. The number of rotatable bonds is 3. The minimum Gasteiger partial charge on any atom is -0.365 e. The van der Waals surface area contributed by atoms with E-state index in [1.807, 2.05) is 0 Å². The zero-order valence-corrected chi connectivity index (χ0v) is 10.2. The minimum atomic E-state index is 0.459. The molecule has 2 heterocycles. The average Bonchev–Trinajstić information content (AvgIpc) is 3.01. The largest absolute Gasteiger partial charge is 0.365 e. The van der Waals surface area contributed by atoms with Crippen molar-refractivity contribution in [2.45, 2.75) is 31.3 Å². The summed E-state index contributed by atoms with van der Waals surface area (Å²) < 4.78 is 0. The fraction of sp³-hybridized carbons (Fsp3) is 0.571. The lowest BCUT2D eigenvalue weighted by molar-refractivity contribution is 0.463. The highest BCUT2D eigenvalue weighted by atomic mass is 15.2. The summed E-state index contributed by atoms with van der Waals surface area (Å²) >= 11 is 0. The predicted octanol–water partition coefficient (Wildman–Crippen LogP) is 1.13. The number of benzene rings is 1. The van der Waals surface area contributed by atoms with E-state index in [1.54, 1.807) is 0 Å². The second-order valence-electron chi connectivity index (χ2n) is 5.08. The van der Waals surface area contributed by atoms with E-state index in [0.29, 0.717) is 12.1 Å². The molecule has 3 heteroatoms. The quantitative estimate of drug-likeness (QED) is 0.819. The molecule has 3 nitrogen and oxygen atoms in total. The first-order valence-electron chi connectivity index (χ1n) is 6.68. The van der Waals surface area contributed by atoms with Crippen LogP contribution in [0.25, 0.3) is 0 Å². The van der Waals surface area contributed by atoms with E-state index in [4.69, 9.17) is 5.73 Å². The van der Waals surface area contributed by atoms with Crippen LogP contribution in [0.4, 0.5) is 5.69 Å². The molecule has 0 bridgehead atoms. The van der Waals surface area contributed by atoms with Crippen LogP contribution in [-0.4, -0.2) is 31.7 Å². The zero-order valence-electron chi connectivity index (χ0n) is 10.2. The van der Waals surface area contributed by atoms with Gasteiger partial charge in [0.05, 0.1) is 6.04 Å². The normalized spacial score (nSPS) is 25.0. The molecule has 92 valence electrons. The maximum absolute atomic E-state index is 6.01. The SMILES string of the molecule is NCC(C1CCCN1)N1CCc2ccccc21. The number of nitrogens with one attached hydrogen (secondary N) is 1. The van der Waals surface area contributed by atoms with Gasteiger partial charge in [0.25, 0.3) is 0 Å². The minimum absolute atomic E-state index is 0.459. The molecule has 0 aliphatic carbocycles. The Balaban J connectivity index is 1.84. The molecule has 0 amide bonds. The van der Waals surface area contributed by atoms with E-state index in [2.05, 4.69) is 34.5 Å². The van der Waals surface area contributed by atoms with E-state index in [0.717, 1.165) is 19.6 Å². The molecular formula is C14H21N3. The number of fused-ring (bicyclic) bond motifs is 1. The summed E-state index contributed by atoms with van der Waals surface area (Å²) in [6, 6.07) is 9.78. The second-order valence-corrected chi connectivity index (χ2v) is 5.08. The predicted molar refractivity (Wildman–Crippen MR) is 71.4 cm³/mol. The number of nitrogens with two attached hydrogens (primary N) is 1. The number of hydrogen-bond donors (Lipinski definition) is 2. The molecule has 0 spiro atoms. The Morgan fingerprint density at radius 2 is 2.29 bits per heavy atom. The lowest BCUT2D eigenvalue weighted by Gasteiger charge is -2.34. The molecule has 0 radical (unpaired) electrons. The van der Waals surface area contributed by atoms with Crippen LogP contribution < -0.4 is 16.0 Å². The number of anilines is 1. The Kier molecular flexibility index (Phi) is 3.04. The van der Waals surface area contributed by atoms with Gasteiger partial charge in [-0.1, -0.05) is 18.2 Å². The first-order chi connectivity index (χ1) is 8.40. The molecule has 0 aromatic heterocycles. The Labute approximate surface area is 103 Å². The van der Waals surface area contributed by atoms with Crippen molar-refractivity contribution in [1.29, 1.82) is 0 Å². The standard InChI is InChI=1S/C14H21N3/c15-10-14(12-5-3-8-16-12)17-9-7-11-4-1-2-6-13(11)17/h1-2,4,6,12,14,16H,3,5,7-10,15H2. The molecule has 1 aromatic carbocycles. The molecular weight excluding hydrogens is 210 g/mol. The molecule has 3 N–H and O–H groups in total. The van der Waals surface area contributed by atoms with Crippen molar-refractivity contribution in [2.75, 3.05) is 24.5 Å². The Hall–Kier alpha value is -1.06. The summed E-state index contributed by atoms with van der Waals surface area (Å²) in [6.07, 6.45) is 3.72. The van der Waals surface area contributed by atoms with Crippen molar-refractivity contribution in [2.24, 2.45) is 5.73 Å². The average molecular weight is 231 g/mol. The summed E-state index contributed by atoms with van der Waals surface area (Å²) in [5, 5.41) is 3.59. The third-order valence-electron chi connectivity index (χ3n) is 4.13. The molecule has 0 saturated carbocycles. The molecule has 1 saturated heterocycles. The van der Waals surface area contributed by atoms with Gasteiger partial charge in [0.1, 0.15) is 0 Å². The maximum Gasteiger partial charge on any atom is 0.0565 e. The fourth-order valence-electron chi connectivity index (χ4n) is 3.26. The highest BCUT2D eigenvalue weighted by molar-refractivity contribution is 5.59. The monoisotopic (exact) mass is 231 g/mol. The highest BCUT2D eigenvalue weighted by Crippen LogP contribution is 2.30. The molecule has 3 rings (SSSR count). The maximum atomic E-state index is 6.01. The Bertz CT molecular complexity index is 385. The molecule has 2 unspecified atom stereocenters. The van der Waals surface area contributed by atoms with Crippen LogP contribution in [0.5, 0.6) is 0 Å². The van der Waals surface area contributed by atoms with Crippen LogP contribution in [0.2, 0.25) is 0 Å². The summed E-state index contributed by atoms with van der Waals surface area (Å²) in [6.45, 7) is 3.02. The summed E-state index contributed by atoms with van der Waals surface area (Å²) in [5.74, 6) is 0. The molecule has 2 atom stereocenters. The van der Waals surface area contributed by atoms with Gasteiger partial charge in [-0.2, -0.15) is 0 Å². The van der Waals surface area contributed by atoms with Gasteiger partial charge in [-0.25, -0.2) is 0 Å².